The van der Waals surface area contributed by atoms with Gasteiger partial charge in [-0.2, -0.15) is 39.5 Å². The molecule has 0 aromatic heterocycles. The molecule has 13 heteroatoms. The molecule has 1 fully saturated rings. The van der Waals surface area contributed by atoms with Crippen molar-refractivity contribution < 1.29 is 48.7 Å². The Hall–Kier alpha value is -1.11. The maximum Gasteiger partial charge on any atom is 0.460 e. The van der Waals surface area contributed by atoms with Gasteiger partial charge < -0.3 is 0 Å². The average molecular weight is 420 g/mol. The average Bonchev–Trinajstić information content (AvgIpc) is 3.04. The lowest BCUT2D eigenvalue weighted by atomic mass is 9.85. The summed E-state index contributed by atoms with van der Waals surface area (Å²) < 4.78 is 134. The summed E-state index contributed by atoms with van der Waals surface area (Å²) in [6, 6.07) is 0. The molecule has 1 aliphatic rings. The van der Waals surface area contributed by atoms with Crippen LogP contribution in [0.4, 0.5) is 43.9 Å². The van der Waals surface area contributed by atoms with Gasteiger partial charge in [0.25, 0.3) is 0 Å². The van der Waals surface area contributed by atoms with Crippen molar-refractivity contribution in [1.82, 2.24) is 10.6 Å². The van der Waals surface area contributed by atoms with Crippen LogP contribution >= 0.6 is 0 Å². The van der Waals surface area contributed by atoms with E-state index in [0.29, 0.717) is 12.8 Å². The third kappa shape index (κ3) is 3.76. The Morgan fingerprint density at radius 1 is 0.926 bits per heavy atom. The molecule has 0 bridgehead atoms. The topological polar surface area (TPSA) is 41.1 Å². The van der Waals surface area contributed by atoms with Crippen LogP contribution < -0.4 is 10.6 Å². The summed E-state index contributed by atoms with van der Waals surface area (Å²) in [6.07, 6.45) is -10.3. The van der Waals surface area contributed by atoms with Gasteiger partial charge in [0.1, 0.15) is 0 Å². The summed E-state index contributed by atoms with van der Waals surface area (Å²) in [4.78, 5) is 11.8. The molecule has 0 aromatic rings. The summed E-state index contributed by atoms with van der Waals surface area (Å²) in [5.41, 5.74) is -4.10. The molecule has 1 atom stereocenters. The van der Waals surface area contributed by atoms with Crippen LogP contribution in [0.3, 0.4) is 0 Å². The number of unbranched alkanes of at least 4 members (excludes halogenated alkanes) is 2. The first-order valence-electron chi connectivity index (χ1n) is 7.97. The fourth-order valence-electron chi connectivity index (χ4n) is 2.68. The molecule has 0 radical (unpaired) electrons. The molecule has 1 unspecified atom stereocenters. The highest BCUT2D eigenvalue weighted by atomic mass is 19.4. The lowest BCUT2D eigenvalue weighted by molar-refractivity contribution is -0.408. The van der Waals surface area contributed by atoms with E-state index in [9.17, 15) is 48.7 Å². The SMILES string of the molecule is CCCCCC(=O)C(F)C1(C(F)(F)C(F)(F)C(F)(F)C(F)(F)F)NCCN1. The third-order valence-electron chi connectivity index (χ3n) is 4.26. The summed E-state index contributed by atoms with van der Waals surface area (Å²) in [5, 5.41) is 2.95. The molecule has 1 aliphatic heterocycles. The normalized spacial score (nSPS) is 20.0. The minimum absolute atomic E-state index is 0.00646. The zero-order valence-corrected chi connectivity index (χ0v) is 14.0. The van der Waals surface area contributed by atoms with Crippen molar-refractivity contribution in [3.8, 4) is 0 Å². The lowest BCUT2D eigenvalue weighted by Gasteiger charge is -2.44. The van der Waals surface area contributed by atoms with Crippen molar-refractivity contribution in [2.75, 3.05) is 13.1 Å². The number of nitrogens with one attached hydrogen (secondary N) is 2. The fraction of sp³-hybridized carbons (Fsp3) is 0.929. The van der Waals surface area contributed by atoms with Crippen LogP contribution in [0.5, 0.6) is 0 Å². The van der Waals surface area contributed by atoms with E-state index in [0.717, 1.165) is 0 Å². The Morgan fingerprint density at radius 3 is 1.81 bits per heavy atom. The summed E-state index contributed by atoms with van der Waals surface area (Å²) in [6.45, 7) is 0.366. The van der Waals surface area contributed by atoms with E-state index in [1.54, 1.807) is 6.92 Å². The molecule has 0 amide bonds. The minimum atomic E-state index is -7.17. The highest BCUT2D eigenvalue weighted by Gasteiger charge is 2.87. The van der Waals surface area contributed by atoms with Crippen LogP contribution in [-0.4, -0.2) is 54.7 Å². The largest absolute Gasteiger partial charge is 0.460 e. The van der Waals surface area contributed by atoms with E-state index in [4.69, 9.17) is 0 Å². The molecule has 0 spiro atoms. The quantitative estimate of drug-likeness (QED) is 0.440. The van der Waals surface area contributed by atoms with Crippen molar-refractivity contribution >= 4 is 5.78 Å². The molecule has 1 heterocycles. The summed E-state index contributed by atoms with van der Waals surface area (Å²) >= 11 is 0. The molecule has 0 saturated carbocycles. The number of carbonyl (C=O) groups is 1. The van der Waals surface area contributed by atoms with Gasteiger partial charge in [0, 0.05) is 19.5 Å². The Kier molecular flexibility index (Phi) is 6.84. The Balaban J connectivity index is 3.33. The predicted molar refractivity (Wildman–Crippen MR) is 73.7 cm³/mol. The van der Waals surface area contributed by atoms with Crippen molar-refractivity contribution in [1.29, 1.82) is 0 Å². The fourth-order valence-corrected chi connectivity index (χ4v) is 2.68. The molecule has 0 aromatic carbocycles. The smallest absolute Gasteiger partial charge is 0.296 e. The minimum Gasteiger partial charge on any atom is -0.296 e. The second-order valence-electron chi connectivity index (χ2n) is 6.17. The van der Waals surface area contributed by atoms with Crippen molar-refractivity contribution in [3.05, 3.63) is 0 Å². The Bertz CT molecular complexity index is 528. The molecule has 27 heavy (non-hydrogen) atoms. The maximum atomic E-state index is 14.5. The highest BCUT2D eigenvalue weighted by molar-refractivity contribution is 5.84. The van der Waals surface area contributed by atoms with Crippen LogP contribution in [-0.2, 0) is 4.79 Å². The second kappa shape index (κ2) is 7.72. The van der Waals surface area contributed by atoms with Crippen molar-refractivity contribution in [3.63, 3.8) is 0 Å². The summed E-state index contributed by atoms with van der Waals surface area (Å²) in [7, 11) is 0. The van der Waals surface area contributed by atoms with Gasteiger partial charge in [-0.15, -0.1) is 0 Å². The molecular weight excluding hydrogens is 402 g/mol. The molecule has 1 saturated heterocycles. The van der Waals surface area contributed by atoms with E-state index in [1.807, 2.05) is 0 Å². The Morgan fingerprint density at radius 2 is 1.41 bits per heavy atom. The summed E-state index contributed by atoms with van der Waals surface area (Å²) in [5.74, 6) is -22.1. The van der Waals surface area contributed by atoms with Gasteiger partial charge in [0.15, 0.2) is 17.6 Å². The number of carbonyl (C=O) groups excluding carboxylic acids is 1. The third-order valence-corrected chi connectivity index (χ3v) is 4.26. The first kappa shape index (κ1) is 23.9. The molecule has 0 aliphatic carbocycles. The number of alkyl halides is 10. The van der Waals surface area contributed by atoms with Crippen LogP contribution in [0, 0.1) is 0 Å². The first-order valence-corrected chi connectivity index (χ1v) is 7.97. The molecule has 1 rings (SSSR count). The molecular formula is C14H18F10N2O. The molecule has 3 nitrogen and oxygen atoms in total. The van der Waals surface area contributed by atoms with Gasteiger partial charge in [-0.25, -0.2) is 4.39 Å². The number of rotatable bonds is 9. The van der Waals surface area contributed by atoms with E-state index < -0.39 is 61.1 Å². The Labute approximate surface area is 147 Å². The lowest BCUT2D eigenvalue weighted by Crippen LogP contribution is -2.78. The van der Waals surface area contributed by atoms with E-state index in [2.05, 4.69) is 0 Å². The molecule has 2 N–H and O–H groups in total. The maximum absolute atomic E-state index is 14.5. The predicted octanol–water partition coefficient (Wildman–Crippen LogP) is 3.83. The van der Waals surface area contributed by atoms with Gasteiger partial charge in [0.2, 0.25) is 0 Å². The van der Waals surface area contributed by atoms with E-state index in [1.165, 1.54) is 10.6 Å². The van der Waals surface area contributed by atoms with Gasteiger partial charge >= 0.3 is 23.9 Å². The van der Waals surface area contributed by atoms with Crippen LogP contribution in [0.25, 0.3) is 0 Å². The number of Topliss-reactive ketones (excluding diaryl/α,β-unsaturated/α-hetero) is 1. The van der Waals surface area contributed by atoms with Gasteiger partial charge in [-0.1, -0.05) is 19.8 Å². The highest BCUT2D eigenvalue weighted by Crippen LogP contribution is 2.56. The number of hydrogen-bond donors (Lipinski definition) is 2. The van der Waals surface area contributed by atoms with Crippen molar-refractivity contribution in [2.45, 2.75) is 68.4 Å². The monoisotopic (exact) mass is 420 g/mol. The zero-order chi connectivity index (χ0) is 21.3. The van der Waals surface area contributed by atoms with Crippen LogP contribution in [0.15, 0.2) is 0 Å². The van der Waals surface area contributed by atoms with E-state index >= 15 is 0 Å². The zero-order valence-electron chi connectivity index (χ0n) is 14.0. The van der Waals surface area contributed by atoms with Crippen molar-refractivity contribution in [2.24, 2.45) is 0 Å². The molecule has 160 valence electrons. The van der Waals surface area contributed by atoms with E-state index in [-0.39, 0.29) is 6.42 Å². The van der Waals surface area contributed by atoms with Gasteiger partial charge in [-0.05, 0) is 6.42 Å². The number of halogens is 10. The number of hydrogen-bond acceptors (Lipinski definition) is 3. The number of ketones is 1. The first-order chi connectivity index (χ1) is 12.1. The van der Waals surface area contributed by atoms with Crippen LogP contribution in [0.1, 0.15) is 32.6 Å². The standard InChI is InChI=1S/C14H18F10N2O/c1-2-3-4-5-8(27)9(15)10(25-6-7-26-10)11(16,17)12(18,19)13(20,21)14(22,23)24/h9,25-26H,2-7H2,1H3. The van der Waals surface area contributed by atoms with Gasteiger partial charge in [-0.3, -0.25) is 15.4 Å². The van der Waals surface area contributed by atoms with Crippen LogP contribution in [0.2, 0.25) is 0 Å². The van der Waals surface area contributed by atoms with Gasteiger partial charge in [0.05, 0.1) is 0 Å². The second-order valence-corrected chi connectivity index (χ2v) is 6.17.